The second-order valence-electron chi connectivity index (χ2n) is 2.28. The van der Waals surface area contributed by atoms with Gasteiger partial charge in [0.1, 0.15) is 0 Å². The van der Waals surface area contributed by atoms with Gasteiger partial charge in [0.25, 0.3) is 0 Å². The second kappa shape index (κ2) is 3.60. The van der Waals surface area contributed by atoms with Crippen LogP contribution in [0.25, 0.3) is 5.52 Å². The Labute approximate surface area is 85.5 Å². The summed E-state index contributed by atoms with van der Waals surface area (Å²) in [5, 5.41) is 17.9. The maximum atomic E-state index is 10.4. The number of aromatic carboxylic acids is 1. The van der Waals surface area contributed by atoms with E-state index < -0.39 is 5.97 Å². The van der Waals surface area contributed by atoms with Crippen LogP contribution in [0.3, 0.4) is 0 Å². The molecule has 5 nitrogen and oxygen atoms in total. The Morgan fingerprint density at radius 2 is 2.23 bits per heavy atom. The van der Waals surface area contributed by atoms with E-state index in [1.807, 2.05) is 0 Å². The molecule has 0 spiro atoms. The SMILES string of the molecule is O=C([O-])c1cnn2nccc2c1.[Li+]. The van der Waals surface area contributed by atoms with Gasteiger partial charge in [-0.3, -0.25) is 0 Å². The zero-order chi connectivity index (χ0) is 8.55. The van der Waals surface area contributed by atoms with Crippen molar-refractivity contribution in [3.05, 3.63) is 30.1 Å². The number of nitrogens with zero attached hydrogens (tertiary/aromatic N) is 3. The molecule has 0 aliphatic heterocycles. The molecule has 0 radical (unpaired) electrons. The van der Waals surface area contributed by atoms with Crippen molar-refractivity contribution in [3.63, 3.8) is 0 Å². The van der Waals surface area contributed by atoms with Crippen molar-refractivity contribution in [3.8, 4) is 0 Å². The van der Waals surface area contributed by atoms with Crippen LogP contribution in [0.5, 0.6) is 0 Å². The average Bonchev–Trinajstić information content (AvgIpc) is 2.49. The zero-order valence-electron chi connectivity index (χ0n) is 6.97. The fourth-order valence-corrected chi connectivity index (χ4v) is 0.934. The number of carboxylic acids is 1. The number of fused-ring (bicyclic) bond motifs is 1. The van der Waals surface area contributed by atoms with E-state index in [4.69, 9.17) is 0 Å². The Morgan fingerprint density at radius 1 is 1.46 bits per heavy atom. The Morgan fingerprint density at radius 3 is 2.92 bits per heavy atom. The molecule has 0 unspecified atom stereocenters. The minimum absolute atomic E-state index is 0. The average molecular weight is 169 g/mol. The number of aromatic nitrogens is 3. The van der Waals surface area contributed by atoms with Gasteiger partial charge in [-0.1, -0.05) is 0 Å². The molecule has 0 aliphatic carbocycles. The molecule has 2 heterocycles. The summed E-state index contributed by atoms with van der Waals surface area (Å²) in [7, 11) is 0. The quantitative estimate of drug-likeness (QED) is 0.409. The van der Waals surface area contributed by atoms with E-state index in [9.17, 15) is 9.90 Å². The smallest absolute Gasteiger partial charge is 0.545 e. The van der Waals surface area contributed by atoms with Crippen LogP contribution >= 0.6 is 0 Å². The van der Waals surface area contributed by atoms with Crippen LogP contribution in [-0.2, 0) is 0 Å². The molecule has 0 atom stereocenters. The fraction of sp³-hybridized carbons (Fsp3) is 0. The molecule has 0 aromatic carbocycles. The topological polar surface area (TPSA) is 70.3 Å². The Bertz CT molecular complexity index is 440. The molecule has 0 amide bonds. The van der Waals surface area contributed by atoms with Gasteiger partial charge < -0.3 is 9.90 Å². The van der Waals surface area contributed by atoms with E-state index in [1.54, 1.807) is 12.3 Å². The van der Waals surface area contributed by atoms with Gasteiger partial charge in [-0.2, -0.15) is 14.8 Å². The van der Waals surface area contributed by atoms with Crippen LogP contribution < -0.4 is 24.0 Å². The van der Waals surface area contributed by atoms with Gasteiger partial charge in [0.2, 0.25) is 0 Å². The summed E-state index contributed by atoms with van der Waals surface area (Å²) >= 11 is 0. The molecule has 13 heavy (non-hydrogen) atoms. The molecule has 0 bridgehead atoms. The van der Waals surface area contributed by atoms with Gasteiger partial charge in [0.15, 0.2) is 0 Å². The maximum Gasteiger partial charge on any atom is 1.00 e. The summed E-state index contributed by atoms with van der Waals surface area (Å²) in [4.78, 5) is 10.4. The summed E-state index contributed by atoms with van der Waals surface area (Å²) in [5.41, 5.74) is 0.694. The van der Waals surface area contributed by atoms with Crippen LogP contribution in [0.2, 0.25) is 0 Å². The molecular formula is C7H4LiN3O2. The Balaban J connectivity index is 0.000000845. The van der Waals surface area contributed by atoms with Crippen molar-refractivity contribution in [1.82, 2.24) is 14.8 Å². The molecule has 2 rings (SSSR count). The summed E-state index contributed by atoms with van der Waals surface area (Å²) in [5.74, 6) is -1.23. The van der Waals surface area contributed by atoms with Crippen molar-refractivity contribution < 1.29 is 28.8 Å². The third kappa shape index (κ3) is 1.71. The molecule has 2 aromatic rings. The summed E-state index contributed by atoms with van der Waals surface area (Å²) < 4.78 is 1.34. The molecule has 60 valence electrons. The van der Waals surface area contributed by atoms with Gasteiger partial charge >= 0.3 is 18.9 Å². The van der Waals surface area contributed by atoms with E-state index in [1.165, 1.54) is 16.9 Å². The van der Waals surface area contributed by atoms with Crippen molar-refractivity contribution in [1.29, 1.82) is 0 Å². The fourth-order valence-electron chi connectivity index (χ4n) is 0.934. The van der Waals surface area contributed by atoms with Gasteiger partial charge in [-0.15, -0.1) is 0 Å². The molecule has 2 aromatic heterocycles. The number of rotatable bonds is 1. The normalized spacial score (nSPS) is 9.54. The molecule has 0 N–H and O–H groups in total. The molecular weight excluding hydrogens is 165 g/mol. The van der Waals surface area contributed by atoms with Crippen LogP contribution in [0.1, 0.15) is 10.4 Å². The van der Waals surface area contributed by atoms with Gasteiger partial charge in [-0.25, -0.2) is 0 Å². The van der Waals surface area contributed by atoms with Crippen LogP contribution in [0.4, 0.5) is 0 Å². The van der Waals surface area contributed by atoms with E-state index >= 15 is 0 Å². The predicted molar refractivity (Wildman–Crippen MR) is 37.3 cm³/mol. The number of hydrogen-bond acceptors (Lipinski definition) is 4. The number of hydrogen-bond donors (Lipinski definition) is 0. The van der Waals surface area contributed by atoms with E-state index in [0.717, 1.165) is 0 Å². The van der Waals surface area contributed by atoms with Gasteiger partial charge in [0, 0.05) is 5.56 Å². The van der Waals surface area contributed by atoms with Crippen molar-refractivity contribution >= 4 is 11.5 Å². The Hall–Kier alpha value is -1.31. The summed E-state index contributed by atoms with van der Waals surface area (Å²) in [6.07, 6.45) is 2.75. The maximum absolute atomic E-state index is 10.4. The first kappa shape index (κ1) is 9.77. The first-order valence-corrected chi connectivity index (χ1v) is 3.29. The van der Waals surface area contributed by atoms with E-state index in [-0.39, 0.29) is 24.4 Å². The molecule has 0 saturated carbocycles. The summed E-state index contributed by atoms with van der Waals surface area (Å²) in [6.45, 7) is 0. The third-order valence-corrected chi connectivity index (χ3v) is 1.50. The first-order chi connectivity index (χ1) is 5.77. The van der Waals surface area contributed by atoms with Crippen LogP contribution in [0, 0.1) is 0 Å². The Kier molecular flexibility index (Phi) is 2.71. The number of carboxylic acid groups (broad SMARTS) is 1. The molecule has 0 fully saturated rings. The third-order valence-electron chi connectivity index (χ3n) is 1.50. The standard InChI is InChI=1S/C7H5N3O2.Li/c11-7(12)5-3-6-1-2-8-10(6)9-4-5;/h1-4H,(H,11,12);/q;+1/p-1. The summed E-state index contributed by atoms with van der Waals surface area (Å²) in [6, 6.07) is 3.12. The second-order valence-corrected chi connectivity index (χ2v) is 2.28. The van der Waals surface area contributed by atoms with E-state index in [0.29, 0.717) is 5.52 Å². The van der Waals surface area contributed by atoms with Crippen LogP contribution in [-0.4, -0.2) is 20.8 Å². The van der Waals surface area contributed by atoms with Gasteiger partial charge in [-0.05, 0) is 12.1 Å². The van der Waals surface area contributed by atoms with Crippen molar-refractivity contribution in [2.45, 2.75) is 0 Å². The first-order valence-electron chi connectivity index (χ1n) is 3.29. The predicted octanol–water partition coefficient (Wildman–Crippen LogP) is -3.90. The van der Waals surface area contributed by atoms with Gasteiger partial charge in [0.05, 0.1) is 23.9 Å². The minimum atomic E-state index is -1.23. The molecule has 0 saturated heterocycles. The van der Waals surface area contributed by atoms with E-state index in [2.05, 4.69) is 10.2 Å². The van der Waals surface area contributed by atoms with Crippen molar-refractivity contribution in [2.24, 2.45) is 0 Å². The zero-order valence-corrected chi connectivity index (χ0v) is 6.97. The largest absolute Gasteiger partial charge is 1.00 e. The molecule has 0 aliphatic rings. The van der Waals surface area contributed by atoms with Crippen LogP contribution in [0.15, 0.2) is 24.5 Å². The molecule has 6 heteroatoms. The van der Waals surface area contributed by atoms with Crippen molar-refractivity contribution in [2.75, 3.05) is 0 Å². The monoisotopic (exact) mass is 169 g/mol. The number of carbonyl (C=O) groups is 1. The number of carbonyl (C=O) groups excluding carboxylic acids is 1. The minimum Gasteiger partial charge on any atom is -0.545 e.